The molecule has 0 spiro atoms. The minimum Gasteiger partial charge on any atom is -0.472 e. The first-order valence-electron chi connectivity index (χ1n) is 7.59. The van der Waals surface area contributed by atoms with Gasteiger partial charge in [-0.15, -0.1) is 0 Å². The number of fused-ring (bicyclic) bond motifs is 1. The molecule has 23 heavy (non-hydrogen) atoms. The number of rotatable bonds is 3. The zero-order valence-corrected chi connectivity index (χ0v) is 12.8. The highest BCUT2D eigenvalue weighted by atomic mass is 16.3. The lowest BCUT2D eigenvalue weighted by Gasteiger charge is -2.34. The van der Waals surface area contributed by atoms with Gasteiger partial charge in [0.25, 0.3) is 5.91 Å². The molecule has 1 aliphatic heterocycles. The van der Waals surface area contributed by atoms with E-state index >= 15 is 0 Å². The Morgan fingerprint density at radius 2 is 2.35 bits per heavy atom. The van der Waals surface area contributed by atoms with E-state index in [1.807, 2.05) is 35.0 Å². The molecule has 7 heteroatoms. The fraction of sp³-hybridized carbons (Fsp3) is 0.312. The van der Waals surface area contributed by atoms with Crippen LogP contribution in [0.3, 0.4) is 0 Å². The molecule has 0 saturated heterocycles. The van der Waals surface area contributed by atoms with Crippen LogP contribution in [-0.4, -0.2) is 36.7 Å². The maximum absolute atomic E-state index is 12.6. The fourth-order valence-corrected chi connectivity index (χ4v) is 3.08. The predicted molar refractivity (Wildman–Crippen MR) is 81.7 cm³/mol. The summed E-state index contributed by atoms with van der Waals surface area (Å²) in [5, 5.41) is 4.24. The molecule has 1 aliphatic rings. The highest BCUT2D eigenvalue weighted by molar-refractivity contribution is 5.94. The summed E-state index contributed by atoms with van der Waals surface area (Å²) >= 11 is 0. The summed E-state index contributed by atoms with van der Waals surface area (Å²) in [6.45, 7) is 4.08. The first-order valence-corrected chi connectivity index (χ1v) is 7.59. The normalized spacial score (nSPS) is 17.3. The van der Waals surface area contributed by atoms with Crippen LogP contribution >= 0.6 is 0 Å². The van der Waals surface area contributed by atoms with Gasteiger partial charge in [-0.25, -0.2) is 4.98 Å². The quantitative estimate of drug-likeness (QED) is 0.741. The van der Waals surface area contributed by atoms with E-state index in [2.05, 4.69) is 14.6 Å². The van der Waals surface area contributed by atoms with Crippen molar-refractivity contribution in [1.82, 2.24) is 24.2 Å². The summed E-state index contributed by atoms with van der Waals surface area (Å²) in [5.41, 5.74) is 1.68. The lowest BCUT2D eigenvalue weighted by Crippen LogP contribution is -2.41. The van der Waals surface area contributed by atoms with Gasteiger partial charge in [0, 0.05) is 25.5 Å². The topological polar surface area (TPSA) is 69.1 Å². The maximum atomic E-state index is 12.6. The second kappa shape index (κ2) is 5.42. The van der Waals surface area contributed by atoms with Gasteiger partial charge in [-0.3, -0.25) is 9.48 Å². The zero-order valence-electron chi connectivity index (χ0n) is 12.8. The molecule has 1 amide bonds. The van der Waals surface area contributed by atoms with Crippen molar-refractivity contribution in [3.05, 3.63) is 60.3 Å². The number of amides is 1. The lowest BCUT2D eigenvalue weighted by molar-refractivity contribution is 0.0635. The van der Waals surface area contributed by atoms with Gasteiger partial charge < -0.3 is 13.9 Å². The summed E-state index contributed by atoms with van der Waals surface area (Å²) in [4.78, 5) is 18.9. The van der Waals surface area contributed by atoms with Crippen molar-refractivity contribution < 1.29 is 9.21 Å². The Hall–Kier alpha value is -2.83. The molecule has 7 nitrogen and oxygen atoms in total. The molecule has 0 bridgehead atoms. The summed E-state index contributed by atoms with van der Waals surface area (Å²) < 4.78 is 9.07. The predicted octanol–water partition coefficient (Wildman–Crippen LogP) is 1.94. The largest absolute Gasteiger partial charge is 0.472 e. The number of hydrogen-bond acceptors (Lipinski definition) is 4. The maximum Gasteiger partial charge on any atom is 0.257 e. The number of carbonyl (C=O) groups is 1. The van der Waals surface area contributed by atoms with Crippen LogP contribution in [0.5, 0.6) is 0 Å². The van der Waals surface area contributed by atoms with E-state index in [-0.39, 0.29) is 11.9 Å². The van der Waals surface area contributed by atoms with E-state index in [0.29, 0.717) is 18.7 Å². The summed E-state index contributed by atoms with van der Waals surface area (Å²) in [5.74, 6) is 0.893. The molecule has 0 aromatic carbocycles. The van der Waals surface area contributed by atoms with Gasteiger partial charge in [0.1, 0.15) is 12.1 Å². The van der Waals surface area contributed by atoms with Gasteiger partial charge in [0.15, 0.2) is 0 Å². The molecule has 3 aromatic heterocycles. The Morgan fingerprint density at radius 3 is 3.09 bits per heavy atom. The van der Waals surface area contributed by atoms with Crippen LogP contribution in [0.15, 0.2) is 47.7 Å². The Labute approximate surface area is 133 Å². The number of carbonyl (C=O) groups excluding carboxylic acids is 1. The molecule has 1 unspecified atom stereocenters. The van der Waals surface area contributed by atoms with Crippen molar-refractivity contribution in [3.63, 3.8) is 0 Å². The minimum atomic E-state index is -0.0717. The van der Waals surface area contributed by atoms with E-state index in [0.717, 1.165) is 18.1 Å². The van der Waals surface area contributed by atoms with Crippen molar-refractivity contribution in [2.45, 2.75) is 26.1 Å². The molecule has 118 valence electrons. The summed E-state index contributed by atoms with van der Waals surface area (Å²) in [6, 6.07) is 3.53. The van der Waals surface area contributed by atoms with E-state index in [1.54, 1.807) is 12.3 Å². The van der Waals surface area contributed by atoms with Crippen LogP contribution in [0.2, 0.25) is 0 Å². The SMILES string of the molecule is CC1c2ncc(Cn3cccn3)n2CCN1C(=O)c1ccoc1. The molecule has 4 heterocycles. The molecule has 0 saturated carbocycles. The van der Waals surface area contributed by atoms with Crippen LogP contribution in [0, 0.1) is 0 Å². The number of imidazole rings is 1. The van der Waals surface area contributed by atoms with Gasteiger partial charge in [-0.05, 0) is 19.1 Å². The molecule has 3 aromatic rings. The van der Waals surface area contributed by atoms with Gasteiger partial charge in [-0.1, -0.05) is 0 Å². The van der Waals surface area contributed by atoms with E-state index in [4.69, 9.17) is 4.42 Å². The molecular weight excluding hydrogens is 294 g/mol. The molecule has 1 atom stereocenters. The first-order chi connectivity index (χ1) is 11.2. The van der Waals surface area contributed by atoms with Crippen molar-refractivity contribution in [2.75, 3.05) is 6.54 Å². The van der Waals surface area contributed by atoms with Crippen molar-refractivity contribution >= 4 is 5.91 Å². The van der Waals surface area contributed by atoms with Gasteiger partial charge >= 0.3 is 0 Å². The first kappa shape index (κ1) is 13.8. The Balaban J connectivity index is 1.59. The summed E-state index contributed by atoms with van der Waals surface area (Å²) in [7, 11) is 0. The van der Waals surface area contributed by atoms with Crippen LogP contribution < -0.4 is 0 Å². The second-order valence-electron chi connectivity index (χ2n) is 5.65. The Bertz CT molecular complexity index is 804. The highest BCUT2D eigenvalue weighted by Crippen LogP contribution is 2.27. The third kappa shape index (κ3) is 2.34. The van der Waals surface area contributed by atoms with Crippen molar-refractivity contribution in [3.8, 4) is 0 Å². The Kier molecular flexibility index (Phi) is 3.25. The highest BCUT2D eigenvalue weighted by Gasteiger charge is 2.31. The number of nitrogens with zero attached hydrogens (tertiary/aromatic N) is 5. The van der Waals surface area contributed by atoms with Crippen molar-refractivity contribution in [1.29, 1.82) is 0 Å². The fourth-order valence-electron chi connectivity index (χ4n) is 3.08. The van der Waals surface area contributed by atoms with E-state index in [1.165, 1.54) is 12.5 Å². The average Bonchev–Trinajstić information content (AvgIpc) is 3.30. The molecular formula is C16H17N5O2. The number of aromatic nitrogens is 4. The minimum absolute atomic E-state index is 0.0193. The van der Waals surface area contributed by atoms with Crippen LogP contribution in [0.1, 0.15) is 34.8 Å². The van der Waals surface area contributed by atoms with Crippen molar-refractivity contribution in [2.24, 2.45) is 0 Å². The third-order valence-corrected chi connectivity index (χ3v) is 4.29. The number of furan rings is 1. The smallest absolute Gasteiger partial charge is 0.257 e. The summed E-state index contributed by atoms with van der Waals surface area (Å²) in [6.07, 6.45) is 8.58. The second-order valence-corrected chi connectivity index (χ2v) is 5.65. The Morgan fingerprint density at radius 1 is 1.43 bits per heavy atom. The molecule has 0 radical (unpaired) electrons. The lowest BCUT2D eigenvalue weighted by atomic mass is 10.1. The van der Waals surface area contributed by atoms with E-state index < -0.39 is 0 Å². The van der Waals surface area contributed by atoms with Gasteiger partial charge in [-0.2, -0.15) is 5.10 Å². The molecule has 4 rings (SSSR count). The molecule has 0 N–H and O–H groups in total. The van der Waals surface area contributed by atoms with Crippen LogP contribution in [0.4, 0.5) is 0 Å². The van der Waals surface area contributed by atoms with Gasteiger partial charge in [0.05, 0.1) is 36.3 Å². The third-order valence-electron chi connectivity index (χ3n) is 4.29. The van der Waals surface area contributed by atoms with Crippen LogP contribution in [0.25, 0.3) is 0 Å². The average molecular weight is 311 g/mol. The number of hydrogen-bond donors (Lipinski definition) is 0. The van der Waals surface area contributed by atoms with Crippen LogP contribution in [-0.2, 0) is 13.1 Å². The molecule has 0 fully saturated rings. The van der Waals surface area contributed by atoms with E-state index in [9.17, 15) is 4.79 Å². The van der Waals surface area contributed by atoms with Gasteiger partial charge in [0.2, 0.25) is 0 Å². The zero-order chi connectivity index (χ0) is 15.8. The standard InChI is InChI=1S/C16H17N5O2/c1-12-15-17-9-14(10-19-5-2-4-18-19)21(15)7-6-20(12)16(22)13-3-8-23-11-13/h2-5,8-9,11-12H,6-7,10H2,1H3. The molecule has 0 aliphatic carbocycles. The monoisotopic (exact) mass is 311 g/mol.